The Labute approximate surface area is 101 Å². The average molecular weight is 242 g/mol. The minimum absolute atomic E-state index is 0.0468. The molecule has 0 heterocycles. The summed E-state index contributed by atoms with van der Waals surface area (Å²) in [5.41, 5.74) is 1.52. The minimum atomic E-state index is -0.117. The first kappa shape index (κ1) is 13.0. The van der Waals surface area contributed by atoms with Crippen LogP contribution in [0.2, 0.25) is 5.02 Å². The maximum atomic E-state index is 9.29. The van der Waals surface area contributed by atoms with Crippen LogP contribution in [0.1, 0.15) is 5.56 Å². The Bertz CT molecular complexity index is 355. The van der Waals surface area contributed by atoms with Crippen molar-refractivity contribution in [3.63, 3.8) is 0 Å². The topological polar surface area (TPSA) is 43.7 Å². The fourth-order valence-corrected chi connectivity index (χ4v) is 1.82. The summed E-state index contributed by atoms with van der Waals surface area (Å²) in [6.45, 7) is 4.69. The molecular formula is C12H16ClNO2. The van der Waals surface area contributed by atoms with E-state index in [1.807, 2.05) is 17.0 Å². The SMILES string of the molecule is C=CCN(CCO)c1cccc(Cl)c1CO. The van der Waals surface area contributed by atoms with E-state index >= 15 is 0 Å². The van der Waals surface area contributed by atoms with Gasteiger partial charge in [-0.15, -0.1) is 6.58 Å². The van der Waals surface area contributed by atoms with Gasteiger partial charge >= 0.3 is 0 Å². The van der Waals surface area contributed by atoms with Gasteiger partial charge in [-0.3, -0.25) is 0 Å². The molecule has 2 N–H and O–H groups in total. The molecule has 3 nitrogen and oxygen atoms in total. The van der Waals surface area contributed by atoms with E-state index in [9.17, 15) is 5.11 Å². The van der Waals surface area contributed by atoms with Crippen molar-refractivity contribution < 1.29 is 10.2 Å². The van der Waals surface area contributed by atoms with Gasteiger partial charge in [0.2, 0.25) is 0 Å². The fraction of sp³-hybridized carbons (Fsp3) is 0.333. The molecule has 0 fully saturated rings. The van der Waals surface area contributed by atoms with Crippen molar-refractivity contribution >= 4 is 17.3 Å². The first-order valence-electron chi connectivity index (χ1n) is 5.09. The summed E-state index contributed by atoms with van der Waals surface area (Å²) >= 11 is 6.00. The molecule has 0 aliphatic carbocycles. The van der Waals surface area contributed by atoms with Gasteiger partial charge in [-0.1, -0.05) is 23.7 Å². The summed E-state index contributed by atoms with van der Waals surface area (Å²) in [5.74, 6) is 0. The Balaban J connectivity index is 3.06. The van der Waals surface area contributed by atoms with Crippen molar-refractivity contribution in [1.82, 2.24) is 0 Å². The van der Waals surface area contributed by atoms with Gasteiger partial charge in [0.05, 0.1) is 13.2 Å². The molecule has 1 aromatic rings. The van der Waals surface area contributed by atoms with E-state index in [0.29, 0.717) is 23.7 Å². The van der Waals surface area contributed by atoms with E-state index in [1.165, 1.54) is 0 Å². The van der Waals surface area contributed by atoms with Crippen LogP contribution in [0.4, 0.5) is 5.69 Å². The molecule has 0 aliphatic rings. The normalized spacial score (nSPS) is 10.2. The third-order valence-corrected chi connectivity index (χ3v) is 2.67. The van der Waals surface area contributed by atoms with Gasteiger partial charge in [0.15, 0.2) is 0 Å². The van der Waals surface area contributed by atoms with Gasteiger partial charge in [-0.2, -0.15) is 0 Å². The number of halogens is 1. The first-order chi connectivity index (χ1) is 7.74. The van der Waals surface area contributed by atoms with Gasteiger partial charge in [0.1, 0.15) is 0 Å². The lowest BCUT2D eigenvalue weighted by atomic mass is 10.1. The second-order valence-corrected chi connectivity index (χ2v) is 3.76. The zero-order valence-electron chi connectivity index (χ0n) is 9.06. The van der Waals surface area contributed by atoms with Crippen LogP contribution >= 0.6 is 11.6 Å². The minimum Gasteiger partial charge on any atom is -0.395 e. The van der Waals surface area contributed by atoms with Crippen molar-refractivity contribution in [3.05, 3.63) is 41.4 Å². The van der Waals surface area contributed by atoms with Gasteiger partial charge in [-0.05, 0) is 12.1 Å². The number of hydrogen-bond acceptors (Lipinski definition) is 3. The number of benzene rings is 1. The molecule has 0 spiro atoms. The molecule has 0 saturated heterocycles. The van der Waals surface area contributed by atoms with Crippen LogP contribution < -0.4 is 4.90 Å². The second-order valence-electron chi connectivity index (χ2n) is 3.35. The van der Waals surface area contributed by atoms with Crippen LogP contribution in [0.5, 0.6) is 0 Å². The van der Waals surface area contributed by atoms with Crippen LogP contribution in [-0.2, 0) is 6.61 Å². The highest BCUT2D eigenvalue weighted by atomic mass is 35.5. The lowest BCUT2D eigenvalue weighted by Crippen LogP contribution is -2.27. The molecule has 0 aliphatic heterocycles. The van der Waals surface area contributed by atoms with Crippen LogP contribution in [0.25, 0.3) is 0 Å². The largest absolute Gasteiger partial charge is 0.395 e. The van der Waals surface area contributed by atoms with Crippen molar-refractivity contribution in [1.29, 1.82) is 0 Å². The van der Waals surface area contributed by atoms with Crippen molar-refractivity contribution in [3.8, 4) is 0 Å². The Morgan fingerprint density at radius 1 is 1.38 bits per heavy atom. The van der Waals surface area contributed by atoms with E-state index in [-0.39, 0.29) is 13.2 Å². The molecule has 0 aromatic heterocycles. The predicted octanol–water partition coefficient (Wildman–Crippen LogP) is 1.82. The van der Waals surface area contributed by atoms with E-state index < -0.39 is 0 Å². The van der Waals surface area contributed by atoms with Gasteiger partial charge in [0, 0.05) is 29.4 Å². The number of aliphatic hydroxyl groups is 2. The molecule has 0 bridgehead atoms. The molecule has 88 valence electrons. The van der Waals surface area contributed by atoms with E-state index in [2.05, 4.69) is 6.58 Å². The zero-order chi connectivity index (χ0) is 12.0. The zero-order valence-corrected chi connectivity index (χ0v) is 9.82. The van der Waals surface area contributed by atoms with Crippen LogP contribution in [0, 0.1) is 0 Å². The number of anilines is 1. The highest BCUT2D eigenvalue weighted by Crippen LogP contribution is 2.27. The summed E-state index contributed by atoms with van der Waals surface area (Å²) in [6.07, 6.45) is 1.75. The molecule has 4 heteroatoms. The standard InChI is InChI=1S/C12H16ClNO2/c1-2-6-14(7-8-15)12-5-3-4-11(13)10(12)9-16/h2-5,15-16H,1,6-9H2. The summed E-state index contributed by atoms with van der Waals surface area (Å²) in [6, 6.07) is 5.43. The lowest BCUT2D eigenvalue weighted by molar-refractivity contribution is 0.281. The molecule has 0 amide bonds. The van der Waals surface area contributed by atoms with Crippen LogP contribution in [-0.4, -0.2) is 29.9 Å². The molecule has 0 atom stereocenters. The van der Waals surface area contributed by atoms with Crippen molar-refractivity contribution in [2.75, 3.05) is 24.6 Å². The molecule has 0 unspecified atom stereocenters. The monoisotopic (exact) mass is 241 g/mol. The van der Waals surface area contributed by atoms with Crippen LogP contribution in [0.3, 0.4) is 0 Å². The average Bonchev–Trinajstić information content (AvgIpc) is 2.28. The number of hydrogen-bond donors (Lipinski definition) is 2. The third kappa shape index (κ3) is 2.98. The first-order valence-corrected chi connectivity index (χ1v) is 5.47. The van der Waals surface area contributed by atoms with Gasteiger partial charge in [0.25, 0.3) is 0 Å². The Kier molecular flexibility index (Phi) is 5.32. The maximum Gasteiger partial charge on any atom is 0.0716 e. The number of aliphatic hydroxyl groups excluding tert-OH is 2. The van der Waals surface area contributed by atoms with Crippen LogP contribution in [0.15, 0.2) is 30.9 Å². The summed E-state index contributed by atoms with van der Waals surface area (Å²) in [7, 11) is 0. The van der Waals surface area contributed by atoms with E-state index in [4.69, 9.17) is 16.7 Å². The fourth-order valence-electron chi connectivity index (χ4n) is 1.59. The van der Waals surface area contributed by atoms with Crippen molar-refractivity contribution in [2.24, 2.45) is 0 Å². The highest BCUT2D eigenvalue weighted by molar-refractivity contribution is 6.31. The predicted molar refractivity (Wildman–Crippen MR) is 66.9 cm³/mol. The number of rotatable bonds is 6. The summed E-state index contributed by atoms with van der Waals surface area (Å²) < 4.78 is 0. The van der Waals surface area contributed by atoms with Gasteiger partial charge < -0.3 is 15.1 Å². The molecule has 1 aromatic carbocycles. The molecule has 0 saturated carbocycles. The summed E-state index contributed by atoms with van der Waals surface area (Å²) in [5, 5.41) is 18.8. The molecule has 1 rings (SSSR count). The Morgan fingerprint density at radius 2 is 2.12 bits per heavy atom. The van der Waals surface area contributed by atoms with Gasteiger partial charge in [-0.25, -0.2) is 0 Å². The summed E-state index contributed by atoms with van der Waals surface area (Å²) in [4.78, 5) is 1.92. The second kappa shape index (κ2) is 6.53. The smallest absolute Gasteiger partial charge is 0.0716 e. The Morgan fingerprint density at radius 3 is 2.69 bits per heavy atom. The Hall–Kier alpha value is -1.03. The molecular weight excluding hydrogens is 226 g/mol. The van der Waals surface area contributed by atoms with Crippen molar-refractivity contribution in [2.45, 2.75) is 6.61 Å². The maximum absolute atomic E-state index is 9.29. The van der Waals surface area contributed by atoms with E-state index in [0.717, 1.165) is 5.69 Å². The number of nitrogens with zero attached hydrogens (tertiary/aromatic N) is 1. The molecule has 0 radical (unpaired) electrons. The highest BCUT2D eigenvalue weighted by Gasteiger charge is 2.11. The molecule has 16 heavy (non-hydrogen) atoms. The lowest BCUT2D eigenvalue weighted by Gasteiger charge is -2.25. The quantitative estimate of drug-likeness (QED) is 0.747. The third-order valence-electron chi connectivity index (χ3n) is 2.31. The van der Waals surface area contributed by atoms with E-state index in [1.54, 1.807) is 12.1 Å².